The number of nitrogens with one attached hydrogen (secondary N) is 1. The van der Waals surface area contributed by atoms with Gasteiger partial charge >= 0.3 is 0 Å². The molecule has 0 aromatic carbocycles. The summed E-state index contributed by atoms with van der Waals surface area (Å²) in [5.74, 6) is 0.0494. The van der Waals surface area contributed by atoms with E-state index in [4.69, 9.17) is 0 Å². The predicted molar refractivity (Wildman–Crippen MR) is 60.5 cm³/mol. The van der Waals surface area contributed by atoms with Crippen LogP contribution in [0.4, 0.5) is 0 Å². The van der Waals surface area contributed by atoms with Crippen molar-refractivity contribution in [1.29, 1.82) is 0 Å². The van der Waals surface area contributed by atoms with Crippen LogP contribution >= 0.6 is 23.9 Å². The number of aromatic nitrogens is 2. The van der Waals surface area contributed by atoms with Gasteiger partial charge < -0.3 is 10.2 Å². The molecule has 0 saturated carbocycles. The average Bonchev–Trinajstić information content (AvgIpc) is 2.69. The molecule has 0 spiro atoms. The molecule has 5 nitrogen and oxygen atoms in total. The Morgan fingerprint density at radius 2 is 2.53 bits per heavy atom. The first-order valence-corrected chi connectivity index (χ1v) is 5.34. The summed E-state index contributed by atoms with van der Waals surface area (Å²) in [6.45, 7) is 4.46. The zero-order chi connectivity index (χ0) is 9.97. The largest absolute Gasteiger partial charge is 0.335 e. The highest BCUT2D eigenvalue weighted by molar-refractivity contribution is 7.07. The maximum Gasteiger partial charge on any atom is 0.267 e. The standard InChI is InChI=1S/C8H12N4OS.ClH/c1-6-5-12(3-2-9-6)8(13)7-4-10-11-14-7;/h4,6,9H,2-3,5H2,1H3;1H/t6-;/m0./s1. The van der Waals surface area contributed by atoms with Crippen LogP contribution in [0.15, 0.2) is 6.20 Å². The molecular weight excluding hydrogens is 236 g/mol. The fourth-order valence-electron chi connectivity index (χ4n) is 1.53. The molecule has 7 heteroatoms. The van der Waals surface area contributed by atoms with Gasteiger partial charge in [0.1, 0.15) is 4.88 Å². The zero-order valence-electron chi connectivity index (χ0n) is 8.34. The van der Waals surface area contributed by atoms with Gasteiger partial charge in [0.15, 0.2) is 0 Å². The summed E-state index contributed by atoms with van der Waals surface area (Å²) in [4.78, 5) is 14.3. The van der Waals surface area contributed by atoms with Crippen molar-refractivity contribution in [2.75, 3.05) is 19.6 Å². The van der Waals surface area contributed by atoms with Gasteiger partial charge in [-0.15, -0.1) is 17.5 Å². The molecule has 1 N–H and O–H groups in total. The molecule has 2 heterocycles. The first kappa shape index (κ1) is 12.4. The Morgan fingerprint density at radius 1 is 1.73 bits per heavy atom. The van der Waals surface area contributed by atoms with E-state index in [0.29, 0.717) is 10.9 Å². The lowest BCUT2D eigenvalue weighted by atomic mass is 10.2. The van der Waals surface area contributed by atoms with Crippen molar-refractivity contribution in [3.8, 4) is 0 Å². The van der Waals surface area contributed by atoms with Crippen molar-refractivity contribution in [3.05, 3.63) is 11.1 Å². The lowest BCUT2D eigenvalue weighted by Gasteiger charge is -2.31. The van der Waals surface area contributed by atoms with E-state index in [0.717, 1.165) is 31.2 Å². The molecule has 0 radical (unpaired) electrons. The van der Waals surface area contributed by atoms with Gasteiger partial charge in [-0.05, 0) is 18.5 Å². The van der Waals surface area contributed by atoms with Gasteiger partial charge in [0.25, 0.3) is 5.91 Å². The molecular formula is C8H13ClN4OS. The van der Waals surface area contributed by atoms with Crippen molar-refractivity contribution >= 4 is 29.8 Å². The molecule has 1 amide bonds. The SMILES string of the molecule is C[C@H]1CN(C(=O)c2cnns2)CCN1.Cl. The third-order valence-electron chi connectivity index (χ3n) is 2.23. The molecule has 0 unspecified atom stereocenters. The van der Waals surface area contributed by atoms with E-state index in [1.165, 1.54) is 6.20 Å². The number of nitrogens with zero attached hydrogens (tertiary/aromatic N) is 3. The second-order valence-electron chi connectivity index (χ2n) is 3.39. The molecule has 15 heavy (non-hydrogen) atoms. The van der Waals surface area contributed by atoms with Crippen LogP contribution in [0.25, 0.3) is 0 Å². The molecule has 1 aromatic rings. The Hall–Kier alpha value is -0.720. The molecule has 1 saturated heterocycles. The summed E-state index contributed by atoms with van der Waals surface area (Å²) in [6.07, 6.45) is 1.53. The lowest BCUT2D eigenvalue weighted by molar-refractivity contribution is 0.0714. The first-order valence-electron chi connectivity index (χ1n) is 4.57. The number of amides is 1. The number of hydrogen-bond donors (Lipinski definition) is 1. The molecule has 0 aliphatic carbocycles. The van der Waals surface area contributed by atoms with Gasteiger partial charge in [-0.1, -0.05) is 4.49 Å². The minimum Gasteiger partial charge on any atom is -0.335 e. The van der Waals surface area contributed by atoms with Gasteiger partial charge in [0.05, 0.1) is 6.20 Å². The van der Waals surface area contributed by atoms with E-state index in [9.17, 15) is 4.79 Å². The molecule has 1 atom stereocenters. The number of piperazine rings is 1. The third-order valence-corrected chi connectivity index (χ3v) is 2.88. The quantitative estimate of drug-likeness (QED) is 0.782. The maximum absolute atomic E-state index is 11.8. The summed E-state index contributed by atoms with van der Waals surface area (Å²) in [7, 11) is 0. The van der Waals surface area contributed by atoms with Crippen LogP contribution in [-0.2, 0) is 0 Å². The van der Waals surface area contributed by atoms with E-state index >= 15 is 0 Å². The molecule has 1 aliphatic rings. The fourth-order valence-corrected chi connectivity index (χ4v) is 2.02. The van der Waals surface area contributed by atoms with Gasteiger partial charge in [0, 0.05) is 25.7 Å². The molecule has 0 bridgehead atoms. The fraction of sp³-hybridized carbons (Fsp3) is 0.625. The maximum atomic E-state index is 11.8. The Kier molecular flexibility index (Phi) is 4.44. The summed E-state index contributed by atoms with van der Waals surface area (Å²) in [5.41, 5.74) is 0. The average molecular weight is 249 g/mol. The monoisotopic (exact) mass is 248 g/mol. The number of halogens is 1. The van der Waals surface area contributed by atoms with Gasteiger partial charge in [-0.2, -0.15) is 0 Å². The highest BCUT2D eigenvalue weighted by Gasteiger charge is 2.22. The van der Waals surface area contributed by atoms with E-state index in [1.807, 2.05) is 4.90 Å². The predicted octanol–water partition coefficient (Wildman–Crippen LogP) is 0.394. The smallest absolute Gasteiger partial charge is 0.267 e. The number of carbonyl (C=O) groups is 1. The second kappa shape index (κ2) is 5.39. The summed E-state index contributed by atoms with van der Waals surface area (Å²) in [6, 6.07) is 0.369. The number of carbonyl (C=O) groups excluding carboxylic acids is 1. The second-order valence-corrected chi connectivity index (χ2v) is 4.17. The van der Waals surface area contributed by atoms with Crippen molar-refractivity contribution in [2.45, 2.75) is 13.0 Å². The summed E-state index contributed by atoms with van der Waals surface area (Å²) < 4.78 is 3.69. The molecule has 1 aliphatic heterocycles. The first-order chi connectivity index (χ1) is 6.77. The van der Waals surface area contributed by atoms with Crippen molar-refractivity contribution < 1.29 is 4.79 Å². The Labute approximate surface area is 98.4 Å². The van der Waals surface area contributed by atoms with Gasteiger partial charge in [0.2, 0.25) is 0 Å². The Morgan fingerprint density at radius 3 is 3.13 bits per heavy atom. The Balaban J connectivity index is 0.00000112. The van der Waals surface area contributed by atoms with Crippen LogP contribution < -0.4 is 5.32 Å². The molecule has 1 fully saturated rings. The summed E-state index contributed by atoms with van der Waals surface area (Å²) in [5, 5.41) is 6.95. The molecule has 84 valence electrons. The molecule has 1 aromatic heterocycles. The van der Waals surface area contributed by atoms with Crippen molar-refractivity contribution in [1.82, 2.24) is 19.8 Å². The van der Waals surface area contributed by atoms with Crippen molar-refractivity contribution in [3.63, 3.8) is 0 Å². The van der Waals surface area contributed by atoms with Crippen LogP contribution in [0.5, 0.6) is 0 Å². The zero-order valence-corrected chi connectivity index (χ0v) is 9.98. The highest BCUT2D eigenvalue weighted by atomic mass is 35.5. The van der Waals surface area contributed by atoms with Crippen LogP contribution in [-0.4, -0.2) is 46.1 Å². The highest BCUT2D eigenvalue weighted by Crippen LogP contribution is 2.09. The van der Waals surface area contributed by atoms with E-state index in [-0.39, 0.29) is 18.3 Å². The van der Waals surface area contributed by atoms with Crippen LogP contribution in [0.3, 0.4) is 0 Å². The van der Waals surface area contributed by atoms with Gasteiger partial charge in [-0.3, -0.25) is 4.79 Å². The summed E-state index contributed by atoms with van der Waals surface area (Å²) >= 11 is 1.15. The topological polar surface area (TPSA) is 58.1 Å². The van der Waals surface area contributed by atoms with E-state index in [2.05, 4.69) is 21.8 Å². The van der Waals surface area contributed by atoms with Crippen LogP contribution in [0.1, 0.15) is 16.6 Å². The molecule has 2 rings (SSSR count). The minimum absolute atomic E-state index is 0. The number of hydrogen-bond acceptors (Lipinski definition) is 5. The van der Waals surface area contributed by atoms with Crippen LogP contribution in [0, 0.1) is 0 Å². The minimum atomic E-state index is 0. The van der Waals surface area contributed by atoms with E-state index in [1.54, 1.807) is 0 Å². The van der Waals surface area contributed by atoms with E-state index < -0.39 is 0 Å². The van der Waals surface area contributed by atoms with Crippen LogP contribution in [0.2, 0.25) is 0 Å². The lowest BCUT2D eigenvalue weighted by Crippen LogP contribution is -2.51. The normalized spacial score (nSPS) is 20.9. The third kappa shape index (κ3) is 2.87. The number of rotatable bonds is 1. The van der Waals surface area contributed by atoms with Gasteiger partial charge in [-0.25, -0.2) is 0 Å². The Bertz CT molecular complexity index is 318. The van der Waals surface area contributed by atoms with Crippen molar-refractivity contribution in [2.24, 2.45) is 0 Å².